The first-order valence-electron chi connectivity index (χ1n) is 8.20. The molecule has 2 aromatic rings. The summed E-state index contributed by atoms with van der Waals surface area (Å²) in [5.74, 6) is -0.509. The zero-order chi connectivity index (χ0) is 20.5. The Bertz CT molecular complexity index is 1040. The number of para-hydroxylation sites is 1. The molecule has 148 valence electrons. The summed E-state index contributed by atoms with van der Waals surface area (Å²) in [5.41, 5.74) is -0.310. The second-order valence-corrected chi connectivity index (χ2v) is 8.71. The van der Waals surface area contributed by atoms with Gasteiger partial charge in [0.25, 0.3) is 11.6 Å². The van der Waals surface area contributed by atoms with Crippen LogP contribution >= 0.6 is 23.2 Å². The molecule has 28 heavy (non-hydrogen) atoms. The normalized spacial score (nSPS) is 15.4. The molecule has 0 aliphatic carbocycles. The third-order valence-corrected chi connectivity index (χ3v) is 7.26. The molecule has 2 aromatic carbocycles. The van der Waals surface area contributed by atoms with Crippen molar-refractivity contribution in [3.05, 3.63) is 68.2 Å². The number of nitrogens with zero attached hydrogens (tertiary/aromatic N) is 3. The van der Waals surface area contributed by atoms with Crippen LogP contribution in [-0.4, -0.2) is 54.6 Å². The van der Waals surface area contributed by atoms with Gasteiger partial charge in [-0.05, 0) is 18.2 Å². The van der Waals surface area contributed by atoms with Crippen molar-refractivity contribution in [1.29, 1.82) is 0 Å². The number of nitro benzene ring substituents is 1. The molecule has 3 rings (SSSR count). The number of amides is 1. The fourth-order valence-electron chi connectivity index (χ4n) is 2.94. The highest BCUT2D eigenvalue weighted by atomic mass is 35.5. The minimum atomic E-state index is -3.88. The van der Waals surface area contributed by atoms with Crippen LogP contribution in [0.1, 0.15) is 10.4 Å². The van der Waals surface area contributed by atoms with E-state index in [2.05, 4.69) is 0 Å². The molecule has 1 fully saturated rings. The number of benzene rings is 2. The molecule has 8 nitrogen and oxygen atoms in total. The Kier molecular flexibility index (Phi) is 5.90. The van der Waals surface area contributed by atoms with Crippen LogP contribution in [0.4, 0.5) is 5.69 Å². The van der Waals surface area contributed by atoms with Gasteiger partial charge in [-0.15, -0.1) is 0 Å². The van der Waals surface area contributed by atoms with Crippen LogP contribution in [0, 0.1) is 10.1 Å². The molecule has 1 heterocycles. The predicted octanol–water partition coefficient (Wildman–Crippen LogP) is 3.05. The van der Waals surface area contributed by atoms with Gasteiger partial charge in [-0.25, -0.2) is 8.42 Å². The minimum Gasteiger partial charge on any atom is -0.336 e. The number of rotatable bonds is 4. The first-order valence-corrected chi connectivity index (χ1v) is 10.4. The van der Waals surface area contributed by atoms with E-state index in [1.54, 1.807) is 6.07 Å². The molecule has 0 atom stereocenters. The van der Waals surface area contributed by atoms with E-state index >= 15 is 0 Å². The van der Waals surface area contributed by atoms with E-state index in [-0.39, 0.29) is 52.4 Å². The average molecular weight is 444 g/mol. The summed E-state index contributed by atoms with van der Waals surface area (Å²) in [7, 11) is -3.88. The number of hydrogen-bond donors (Lipinski definition) is 0. The van der Waals surface area contributed by atoms with E-state index in [0.29, 0.717) is 0 Å². The second kappa shape index (κ2) is 8.04. The van der Waals surface area contributed by atoms with Crippen LogP contribution in [0.5, 0.6) is 0 Å². The molecule has 0 radical (unpaired) electrons. The van der Waals surface area contributed by atoms with Crippen molar-refractivity contribution in [3.8, 4) is 0 Å². The molecule has 0 N–H and O–H groups in total. The van der Waals surface area contributed by atoms with E-state index < -0.39 is 20.9 Å². The molecule has 0 saturated carbocycles. The quantitative estimate of drug-likeness (QED) is 0.533. The summed E-state index contributed by atoms with van der Waals surface area (Å²) in [6.07, 6.45) is 0. The largest absolute Gasteiger partial charge is 0.336 e. The van der Waals surface area contributed by atoms with Crippen LogP contribution in [0.3, 0.4) is 0 Å². The number of hydrogen-bond acceptors (Lipinski definition) is 5. The van der Waals surface area contributed by atoms with Crippen molar-refractivity contribution in [2.75, 3.05) is 26.2 Å². The van der Waals surface area contributed by atoms with Gasteiger partial charge in [-0.3, -0.25) is 14.9 Å². The zero-order valence-corrected chi connectivity index (χ0v) is 16.7. The molecule has 1 aliphatic rings. The van der Waals surface area contributed by atoms with Gasteiger partial charge in [0.1, 0.15) is 10.5 Å². The molecule has 1 saturated heterocycles. The summed E-state index contributed by atoms with van der Waals surface area (Å²) in [6, 6.07) is 10.0. The van der Waals surface area contributed by atoms with E-state index in [1.807, 2.05) is 0 Å². The maximum absolute atomic E-state index is 12.8. The Morgan fingerprint density at radius 2 is 1.64 bits per heavy atom. The van der Waals surface area contributed by atoms with Crippen molar-refractivity contribution >= 4 is 44.8 Å². The van der Waals surface area contributed by atoms with Gasteiger partial charge in [0.15, 0.2) is 0 Å². The van der Waals surface area contributed by atoms with Gasteiger partial charge in [-0.1, -0.05) is 41.4 Å². The van der Waals surface area contributed by atoms with Gasteiger partial charge in [0, 0.05) is 32.2 Å². The maximum atomic E-state index is 12.8. The van der Waals surface area contributed by atoms with E-state index in [0.717, 1.165) is 0 Å². The van der Waals surface area contributed by atoms with E-state index in [9.17, 15) is 23.3 Å². The lowest BCUT2D eigenvalue weighted by Gasteiger charge is -2.34. The van der Waals surface area contributed by atoms with Crippen molar-refractivity contribution in [2.45, 2.75) is 4.90 Å². The summed E-state index contributed by atoms with van der Waals surface area (Å²) in [6.45, 7) is 0.277. The van der Waals surface area contributed by atoms with Crippen LogP contribution in [0.2, 0.25) is 10.0 Å². The molecule has 0 bridgehead atoms. The zero-order valence-electron chi connectivity index (χ0n) is 14.4. The second-order valence-electron chi connectivity index (χ2n) is 6.02. The van der Waals surface area contributed by atoms with Crippen molar-refractivity contribution in [2.24, 2.45) is 0 Å². The number of carbonyl (C=O) groups excluding carboxylic acids is 1. The molecule has 0 unspecified atom stereocenters. The van der Waals surface area contributed by atoms with Gasteiger partial charge >= 0.3 is 0 Å². The standard InChI is InChI=1S/C17H15Cl2N3O5S/c18-13-5-3-7-15(16(13)19)28(26,27)21-10-8-20(9-11-21)17(23)12-4-1-2-6-14(12)22(24)25/h1-7H,8-11H2. The number of nitro groups is 1. The highest BCUT2D eigenvalue weighted by Crippen LogP contribution is 2.31. The van der Waals surface area contributed by atoms with Crippen molar-refractivity contribution in [3.63, 3.8) is 0 Å². The monoisotopic (exact) mass is 443 g/mol. The van der Waals surface area contributed by atoms with Crippen molar-refractivity contribution in [1.82, 2.24) is 9.21 Å². The van der Waals surface area contributed by atoms with Crippen LogP contribution in [0.25, 0.3) is 0 Å². The van der Waals surface area contributed by atoms with Crippen molar-refractivity contribution < 1.29 is 18.1 Å². The summed E-state index contributed by atoms with van der Waals surface area (Å²) in [5, 5.41) is 11.2. The van der Waals surface area contributed by atoms with Gasteiger partial charge in [0.2, 0.25) is 10.0 Å². The van der Waals surface area contributed by atoms with Gasteiger partial charge in [0.05, 0.1) is 15.0 Å². The van der Waals surface area contributed by atoms with Crippen LogP contribution in [-0.2, 0) is 10.0 Å². The SMILES string of the molecule is O=C(c1ccccc1[N+](=O)[O-])N1CCN(S(=O)(=O)c2cccc(Cl)c2Cl)CC1. The summed E-state index contributed by atoms with van der Waals surface area (Å²) >= 11 is 11.9. The number of sulfonamides is 1. The Morgan fingerprint density at radius 3 is 2.29 bits per heavy atom. The molecule has 0 spiro atoms. The number of piperazine rings is 1. The topological polar surface area (TPSA) is 101 Å². The summed E-state index contributed by atoms with van der Waals surface area (Å²) in [4.78, 5) is 24.5. The maximum Gasteiger partial charge on any atom is 0.282 e. The Hall–Kier alpha value is -2.20. The first-order chi connectivity index (χ1) is 13.2. The fourth-order valence-corrected chi connectivity index (χ4v) is 5.10. The summed E-state index contributed by atoms with van der Waals surface area (Å²) < 4.78 is 26.9. The third-order valence-electron chi connectivity index (χ3n) is 4.39. The molecule has 0 aromatic heterocycles. The average Bonchev–Trinajstić information content (AvgIpc) is 2.69. The molecule has 1 amide bonds. The van der Waals surface area contributed by atoms with Gasteiger partial charge < -0.3 is 4.90 Å². The molecular weight excluding hydrogens is 429 g/mol. The fraction of sp³-hybridized carbons (Fsp3) is 0.235. The highest BCUT2D eigenvalue weighted by Gasteiger charge is 2.33. The lowest BCUT2D eigenvalue weighted by molar-refractivity contribution is -0.385. The lowest BCUT2D eigenvalue weighted by Crippen LogP contribution is -2.50. The van der Waals surface area contributed by atoms with Gasteiger partial charge in [-0.2, -0.15) is 4.31 Å². The predicted molar refractivity (Wildman–Crippen MR) is 104 cm³/mol. The number of carbonyl (C=O) groups is 1. The molecule has 1 aliphatic heterocycles. The number of halogens is 2. The first kappa shape index (κ1) is 20.5. The van der Waals surface area contributed by atoms with E-state index in [4.69, 9.17) is 23.2 Å². The lowest BCUT2D eigenvalue weighted by atomic mass is 10.1. The molecule has 11 heteroatoms. The Labute approximate surface area is 171 Å². The van der Waals surface area contributed by atoms with Crippen LogP contribution in [0.15, 0.2) is 47.4 Å². The Morgan fingerprint density at radius 1 is 1.00 bits per heavy atom. The molecular formula is C17H15Cl2N3O5S. The minimum absolute atomic E-state index is 0.0262. The third kappa shape index (κ3) is 3.83. The van der Waals surface area contributed by atoms with E-state index in [1.165, 1.54) is 45.6 Å². The highest BCUT2D eigenvalue weighted by molar-refractivity contribution is 7.89. The smallest absolute Gasteiger partial charge is 0.282 e. The van der Waals surface area contributed by atoms with Crippen LogP contribution < -0.4 is 0 Å². The Balaban J connectivity index is 1.77.